The zero-order chi connectivity index (χ0) is 16.2. The second-order valence-electron chi connectivity index (χ2n) is 5.80. The van der Waals surface area contributed by atoms with E-state index in [0.29, 0.717) is 12.5 Å². The first kappa shape index (κ1) is 16.3. The van der Waals surface area contributed by atoms with Crippen molar-refractivity contribution >= 4 is 27.5 Å². The quantitative estimate of drug-likeness (QED) is 0.653. The largest absolute Gasteiger partial charge is 0.384 e. The first-order valence-corrected chi connectivity index (χ1v) is 8.56. The Hall–Kier alpha value is -1.60. The average Bonchev–Trinajstić information content (AvgIpc) is 3.15. The summed E-state index contributed by atoms with van der Waals surface area (Å²) in [5, 5.41) is 3.41. The minimum atomic E-state index is 0.589. The number of pyridine rings is 1. The molecule has 3 rings (SSSR count). The molecule has 2 aromatic heterocycles. The number of nitrogens with one attached hydrogen (secondary N) is 1. The van der Waals surface area contributed by atoms with Crippen LogP contribution in [0.2, 0.25) is 0 Å². The van der Waals surface area contributed by atoms with Crippen molar-refractivity contribution in [3.05, 3.63) is 34.7 Å². The first-order valence-electron chi connectivity index (χ1n) is 7.77. The lowest BCUT2D eigenvalue weighted by Gasteiger charge is -2.21. The molecule has 0 spiro atoms. The number of imidazole rings is 1. The molecule has 23 heavy (non-hydrogen) atoms. The number of fused-ring (bicyclic) bond motifs is 1. The molecule has 1 fully saturated rings. The van der Waals surface area contributed by atoms with E-state index < -0.39 is 0 Å². The molecule has 1 saturated heterocycles. The Morgan fingerprint density at radius 3 is 3.13 bits per heavy atom. The van der Waals surface area contributed by atoms with E-state index in [9.17, 15) is 0 Å². The van der Waals surface area contributed by atoms with Crippen LogP contribution in [-0.4, -0.2) is 54.1 Å². The number of aliphatic imine (C=N–C) groups is 1. The second kappa shape index (κ2) is 7.31. The smallest absolute Gasteiger partial charge is 0.193 e. The van der Waals surface area contributed by atoms with Gasteiger partial charge in [-0.05, 0) is 34.5 Å². The Kier molecular flexibility index (Phi) is 5.17. The maximum absolute atomic E-state index is 5.26. The number of hydrogen-bond donors (Lipinski definition) is 1. The van der Waals surface area contributed by atoms with Gasteiger partial charge in [-0.15, -0.1) is 0 Å². The van der Waals surface area contributed by atoms with Gasteiger partial charge in [0, 0.05) is 50.0 Å². The molecule has 6 nitrogen and oxygen atoms in total. The number of methoxy groups -OCH3 is 1. The third-order valence-electron chi connectivity index (χ3n) is 4.09. The minimum Gasteiger partial charge on any atom is -0.384 e. The van der Waals surface area contributed by atoms with E-state index in [1.807, 2.05) is 36.0 Å². The first-order chi connectivity index (χ1) is 11.2. The molecule has 2 aromatic rings. The Morgan fingerprint density at radius 1 is 1.48 bits per heavy atom. The molecule has 3 heterocycles. The van der Waals surface area contributed by atoms with Gasteiger partial charge in [0.15, 0.2) is 5.96 Å². The molecule has 124 valence electrons. The van der Waals surface area contributed by atoms with E-state index in [1.54, 1.807) is 7.11 Å². The fourth-order valence-electron chi connectivity index (χ4n) is 3.00. The van der Waals surface area contributed by atoms with Gasteiger partial charge in [-0.1, -0.05) is 0 Å². The van der Waals surface area contributed by atoms with Crippen molar-refractivity contribution in [2.75, 3.05) is 33.9 Å². The summed E-state index contributed by atoms with van der Waals surface area (Å²) in [7, 11) is 3.59. The van der Waals surface area contributed by atoms with E-state index in [1.165, 1.54) is 0 Å². The van der Waals surface area contributed by atoms with Gasteiger partial charge < -0.3 is 19.4 Å². The zero-order valence-electron chi connectivity index (χ0n) is 13.5. The van der Waals surface area contributed by atoms with Gasteiger partial charge in [-0.25, -0.2) is 4.98 Å². The topological polar surface area (TPSA) is 54.2 Å². The van der Waals surface area contributed by atoms with Crippen LogP contribution in [0.15, 0.2) is 34.0 Å². The molecule has 0 amide bonds. The third kappa shape index (κ3) is 3.84. The van der Waals surface area contributed by atoms with Gasteiger partial charge in [-0.2, -0.15) is 0 Å². The lowest BCUT2D eigenvalue weighted by atomic mass is 10.1. The zero-order valence-corrected chi connectivity index (χ0v) is 15.1. The highest BCUT2D eigenvalue weighted by molar-refractivity contribution is 9.10. The van der Waals surface area contributed by atoms with Gasteiger partial charge in [0.25, 0.3) is 0 Å². The van der Waals surface area contributed by atoms with Crippen LogP contribution in [0.4, 0.5) is 0 Å². The molecular formula is C16H22BrN5O. The molecule has 1 aliphatic rings. The number of halogens is 1. The lowest BCUT2D eigenvalue weighted by Crippen LogP contribution is -2.39. The summed E-state index contributed by atoms with van der Waals surface area (Å²) in [6.45, 7) is 3.49. The molecule has 7 heteroatoms. The molecule has 1 N–H and O–H groups in total. The van der Waals surface area contributed by atoms with Crippen LogP contribution in [0, 0.1) is 5.92 Å². The van der Waals surface area contributed by atoms with Crippen molar-refractivity contribution in [1.29, 1.82) is 0 Å². The molecule has 1 atom stereocenters. The van der Waals surface area contributed by atoms with Gasteiger partial charge >= 0.3 is 0 Å². The van der Waals surface area contributed by atoms with Gasteiger partial charge in [0.05, 0.1) is 18.8 Å². The van der Waals surface area contributed by atoms with E-state index in [4.69, 9.17) is 4.74 Å². The van der Waals surface area contributed by atoms with E-state index in [2.05, 4.69) is 36.1 Å². The maximum Gasteiger partial charge on any atom is 0.193 e. The van der Waals surface area contributed by atoms with Crippen LogP contribution < -0.4 is 5.32 Å². The highest BCUT2D eigenvalue weighted by Crippen LogP contribution is 2.16. The molecule has 0 aromatic carbocycles. The van der Waals surface area contributed by atoms with Crippen LogP contribution in [0.3, 0.4) is 0 Å². The van der Waals surface area contributed by atoms with Crippen LogP contribution in [0.1, 0.15) is 12.1 Å². The molecule has 0 radical (unpaired) electrons. The predicted molar refractivity (Wildman–Crippen MR) is 94.6 cm³/mol. The lowest BCUT2D eigenvalue weighted by molar-refractivity contribution is 0.157. The second-order valence-corrected chi connectivity index (χ2v) is 6.72. The summed E-state index contributed by atoms with van der Waals surface area (Å²) in [6.07, 6.45) is 5.20. The predicted octanol–water partition coefficient (Wildman–Crippen LogP) is 2.14. The normalized spacial score (nSPS) is 18.8. The Bertz CT molecular complexity index is 699. The van der Waals surface area contributed by atoms with Crippen LogP contribution >= 0.6 is 15.9 Å². The highest BCUT2D eigenvalue weighted by Gasteiger charge is 2.24. The summed E-state index contributed by atoms with van der Waals surface area (Å²) < 4.78 is 8.32. The average molecular weight is 380 g/mol. The number of hydrogen-bond acceptors (Lipinski definition) is 3. The summed E-state index contributed by atoms with van der Waals surface area (Å²) in [5.41, 5.74) is 1.94. The number of likely N-dealkylation sites (tertiary alicyclic amines) is 1. The van der Waals surface area contributed by atoms with E-state index in [-0.39, 0.29) is 0 Å². The van der Waals surface area contributed by atoms with Crippen molar-refractivity contribution < 1.29 is 4.74 Å². The van der Waals surface area contributed by atoms with Crippen molar-refractivity contribution in [1.82, 2.24) is 19.6 Å². The molecule has 1 unspecified atom stereocenters. The Labute approximate surface area is 144 Å². The summed E-state index contributed by atoms with van der Waals surface area (Å²) >= 11 is 3.48. The number of nitrogens with zero attached hydrogens (tertiary/aromatic N) is 4. The number of ether oxygens (including phenoxy) is 1. The number of guanidine groups is 1. The van der Waals surface area contributed by atoms with Crippen molar-refractivity contribution in [2.45, 2.75) is 13.0 Å². The fourth-order valence-corrected chi connectivity index (χ4v) is 3.35. The molecule has 0 bridgehead atoms. The van der Waals surface area contributed by atoms with Gasteiger partial charge in [0.1, 0.15) is 5.65 Å². The number of aromatic nitrogens is 2. The van der Waals surface area contributed by atoms with Crippen LogP contribution in [0.5, 0.6) is 0 Å². The van der Waals surface area contributed by atoms with Gasteiger partial charge in [-0.3, -0.25) is 4.99 Å². The van der Waals surface area contributed by atoms with E-state index in [0.717, 1.165) is 47.9 Å². The van der Waals surface area contributed by atoms with Crippen molar-refractivity contribution in [3.63, 3.8) is 0 Å². The third-order valence-corrected chi connectivity index (χ3v) is 4.56. The minimum absolute atomic E-state index is 0.589. The molecule has 0 saturated carbocycles. The Balaban J connectivity index is 1.61. The summed E-state index contributed by atoms with van der Waals surface area (Å²) in [6, 6.07) is 4.00. The van der Waals surface area contributed by atoms with E-state index >= 15 is 0 Å². The monoisotopic (exact) mass is 379 g/mol. The summed E-state index contributed by atoms with van der Waals surface area (Å²) in [4.78, 5) is 11.3. The molecule has 0 aliphatic carbocycles. The fraction of sp³-hybridized carbons (Fsp3) is 0.500. The van der Waals surface area contributed by atoms with Crippen LogP contribution in [-0.2, 0) is 11.3 Å². The SMILES string of the molecule is CN=C(NCc1cn2cc(Br)ccc2n1)N1CCC(COC)C1. The number of rotatable bonds is 4. The molecule has 1 aliphatic heterocycles. The Morgan fingerprint density at radius 2 is 2.35 bits per heavy atom. The van der Waals surface area contributed by atoms with Crippen LogP contribution in [0.25, 0.3) is 5.65 Å². The molecular weight excluding hydrogens is 358 g/mol. The van der Waals surface area contributed by atoms with Crippen molar-refractivity contribution in [3.8, 4) is 0 Å². The van der Waals surface area contributed by atoms with Crippen molar-refractivity contribution in [2.24, 2.45) is 10.9 Å². The van der Waals surface area contributed by atoms with Gasteiger partial charge in [0.2, 0.25) is 0 Å². The summed E-state index contributed by atoms with van der Waals surface area (Å²) in [5.74, 6) is 1.52. The standard InChI is InChI=1S/C16H22BrN5O/c1-18-16(21-6-5-12(8-21)11-23-2)19-7-14-10-22-9-13(17)3-4-15(22)20-14/h3-4,9-10,12H,5-8,11H2,1-2H3,(H,18,19). The maximum atomic E-state index is 5.26. The highest BCUT2D eigenvalue weighted by atomic mass is 79.9.